The Balaban J connectivity index is 2.99. The molecule has 4 heteroatoms. The molecule has 0 bridgehead atoms. The lowest BCUT2D eigenvalue weighted by Crippen LogP contribution is -1.91. The van der Waals surface area contributed by atoms with Crippen molar-refractivity contribution in [2.45, 2.75) is 0 Å². The molecule has 0 aliphatic heterocycles. The van der Waals surface area contributed by atoms with E-state index in [2.05, 4.69) is 5.16 Å². The van der Waals surface area contributed by atoms with E-state index in [9.17, 15) is 0 Å². The minimum atomic E-state index is 0.0648. The van der Waals surface area contributed by atoms with Crippen molar-refractivity contribution in [2.75, 3.05) is 0 Å². The molecule has 1 rings (SSSR count). The van der Waals surface area contributed by atoms with Crippen LogP contribution in [0.5, 0.6) is 0 Å². The maximum Gasteiger partial charge on any atom is 0.196 e. The van der Waals surface area contributed by atoms with Crippen molar-refractivity contribution in [3.63, 3.8) is 0 Å². The largest absolute Gasteiger partial charge is 0.410 e. The smallest absolute Gasteiger partial charge is 0.196 e. The Hall–Kier alpha value is -1.34. The van der Waals surface area contributed by atoms with Crippen LogP contribution in [0.2, 0.25) is 0 Å². The van der Waals surface area contributed by atoms with Crippen molar-refractivity contribution in [3.8, 4) is 6.07 Å². The first-order chi connectivity index (χ1) is 4.88. The fourth-order valence-corrected chi connectivity index (χ4v) is 1.20. The van der Waals surface area contributed by atoms with E-state index in [1.54, 1.807) is 18.2 Å². The SMILES string of the molecule is N#C/C(=N\O)c1cccs1. The Kier molecular flexibility index (Phi) is 2.03. The molecular formula is C6H4N2OS. The number of nitriles is 1. The van der Waals surface area contributed by atoms with E-state index in [-0.39, 0.29) is 5.71 Å². The quantitative estimate of drug-likeness (QED) is 0.376. The van der Waals surface area contributed by atoms with E-state index in [4.69, 9.17) is 10.5 Å². The Morgan fingerprint density at radius 2 is 2.60 bits per heavy atom. The van der Waals surface area contributed by atoms with Gasteiger partial charge in [0.2, 0.25) is 0 Å². The van der Waals surface area contributed by atoms with Crippen LogP contribution in [0.25, 0.3) is 0 Å². The number of nitrogens with zero attached hydrogens (tertiary/aromatic N) is 2. The average Bonchev–Trinajstić information content (AvgIpc) is 2.43. The van der Waals surface area contributed by atoms with Gasteiger partial charge in [0.25, 0.3) is 0 Å². The van der Waals surface area contributed by atoms with Crippen molar-refractivity contribution >= 4 is 17.0 Å². The minimum absolute atomic E-state index is 0.0648. The second-order valence-corrected chi connectivity index (χ2v) is 2.49. The number of hydrogen-bond donors (Lipinski definition) is 1. The summed E-state index contributed by atoms with van der Waals surface area (Å²) in [5, 5.41) is 21.3. The van der Waals surface area contributed by atoms with Gasteiger partial charge in [0.1, 0.15) is 6.07 Å². The van der Waals surface area contributed by atoms with Gasteiger partial charge in [-0.15, -0.1) is 11.3 Å². The van der Waals surface area contributed by atoms with Gasteiger partial charge in [0.05, 0.1) is 4.88 Å². The zero-order valence-corrected chi connectivity index (χ0v) is 5.80. The summed E-state index contributed by atoms with van der Waals surface area (Å²) >= 11 is 1.37. The molecule has 3 nitrogen and oxygen atoms in total. The van der Waals surface area contributed by atoms with Gasteiger partial charge in [-0.05, 0) is 11.4 Å². The molecule has 0 aliphatic carbocycles. The molecule has 0 atom stereocenters. The molecule has 0 radical (unpaired) electrons. The third-order valence-electron chi connectivity index (χ3n) is 0.960. The van der Waals surface area contributed by atoms with E-state index < -0.39 is 0 Å². The second-order valence-electron chi connectivity index (χ2n) is 1.54. The summed E-state index contributed by atoms with van der Waals surface area (Å²) in [6, 6.07) is 5.28. The van der Waals surface area contributed by atoms with Gasteiger partial charge in [-0.25, -0.2) is 0 Å². The highest BCUT2D eigenvalue weighted by Gasteiger charge is 2.01. The van der Waals surface area contributed by atoms with Crippen LogP contribution >= 0.6 is 11.3 Å². The first kappa shape index (κ1) is 6.78. The van der Waals surface area contributed by atoms with Crippen LogP contribution in [-0.2, 0) is 0 Å². The van der Waals surface area contributed by atoms with Crippen LogP contribution in [-0.4, -0.2) is 10.9 Å². The molecule has 0 fully saturated rings. The zero-order valence-electron chi connectivity index (χ0n) is 4.98. The molecular weight excluding hydrogens is 148 g/mol. The van der Waals surface area contributed by atoms with Gasteiger partial charge in [-0.2, -0.15) is 5.26 Å². The fourth-order valence-electron chi connectivity index (χ4n) is 0.540. The highest BCUT2D eigenvalue weighted by atomic mass is 32.1. The average molecular weight is 152 g/mol. The molecule has 0 unspecified atom stereocenters. The molecule has 50 valence electrons. The van der Waals surface area contributed by atoms with Crippen molar-refractivity contribution < 1.29 is 5.21 Å². The summed E-state index contributed by atoms with van der Waals surface area (Å²) < 4.78 is 0. The fraction of sp³-hybridized carbons (Fsp3) is 0. The second kappa shape index (κ2) is 2.99. The number of hydrogen-bond acceptors (Lipinski definition) is 4. The Morgan fingerprint density at radius 3 is 3.00 bits per heavy atom. The number of thiophene rings is 1. The first-order valence-electron chi connectivity index (χ1n) is 2.54. The lowest BCUT2D eigenvalue weighted by molar-refractivity contribution is 0.320. The van der Waals surface area contributed by atoms with Gasteiger partial charge in [0, 0.05) is 0 Å². The zero-order chi connectivity index (χ0) is 7.40. The van der Waals surface area contributed by atoms with Crippen LogP contribution in [0, 0.1) is 11.3 Å². The van der Waals surface area contributed by atoms with Crippen molar-refractivity contribution in [1.82, 2.24) is 0 Å². The van der Waals surface area contributed by atoms with E-state index in [1.165, 1.54) is 11.3 Å². The monoisotopic (exact) mass is 152 g/mol. The van der Waals surface area contributed by atoms with Crippen molar-refractivity contribution in [2.24, 2.45) is 5.16 Å². The summed E-state index contributed by atoms with van der Waals surface area (Å²) in [5.74, 6) is 0. The summed E-state index contributed by atoms with van der Waals surface area (Å²) in [7, 11) is 0. The summed E-state index contributed by atoms with van der Waals surface area (Å²) in [6.45, 7) is 0. The predicted octanol–water partition coefficient (Wildman–Crippen LogP) is 1.45. The highest BCUT2D eigenvalue weighted by molar-refractivity contribution is 7.12. The number of oxime groups is 1. The Labute approximate surface area is 61.8 Å². The summed E-state index contributed by atoms with van der Waals surface area (Å²) in [6.07, 6.45) is 0. The maximum absolute atomic E-state index is 8.36. The molecule has 0 amide bonds. The van der Waals surface area contributed by atoms with Crippen LogP contribution in [0.3, 0.4) is 0 Å². The van der Waals surface area contributed by atoms with E-state index in [0.717, 1.165) is 0 Å². The molecule has 1 N–H and O–H groups in total. The third kappa shape index (κ3) is 1.14. The normalized spacial score (nSPS) is 10.9. The van der Waals surface area contributed by atoms with Gasteiger partial charge in [0.15, 0.2) is 5.71 Å². The highest BCUT2D eigenvalue weighted by Crippen LogP contribution is 2.08. The third-order valence-corrected chi connectivity index (χ3v) is 1.84. The molecule has 0 aliphatic rings. The molecule has 0 saturated carbocycles. The van der Waals surface area contributed by atoms with Crippen molar-refractivity contribution in [3.05, 3.63) is 22.4 Å². The Bertz CT molecular complexity index is 270. The molecule has 1 heterocycles. The van der Waals surface area contributed by atoms with Crippen LogP contribution < -0.4 is 0 Å². The standard InChI is InChI=1S/C6H4N2OS/c7-4-5(8-9)6-2-1-3-10-6/h1-3,9H/b8-5+. The van der Waals surface area contributed by atoms with E-state index in [0.29, 0.717) is 4.88 Å². The molecule has 0 spiro atoms. The lowest BCUT2D eigenvalue weighted by atomic mass is 10.3. The summed E-state index contributed by atoms with van der Waals surface area (Å²) in [5.41, 5.74) is 0.0648. The molecule has 10 heavy (non-hydrogen) atoms. The van der Waals surface area contributed by atoms with Gasteiger partial charge in [-0.3, -0.25) is 0 Å². The molecule has 0 aromatic carbocycles. The minimum Gasteiger partial charge on any atom is -0.410 e. The van der Waals surface area contributed by atoms with Gasteiger partial charge < -0.3 is 5.21 Å². The van der Waals surface area contributed by atoms with Crippen molar-refractivity contribution in [1.29, 1.82) is 5.26 Å². The maximum atomic E-state index is 8.36. The predicted molar refractivity (Wildman–Crippen MR) is 38.3 cm³/mol. The van der Waals surface area contributed by atoms with Crippen LogP contribution in [0.15, 0.2) is 22.7 Å². The molecule has 1 aromatic heterocycles. The lowest BCUT2D eigenvalue weighted by Gasteiger charge is -1.84. The molecule has 0 saturated heterocycles. The van der Waals surface area contributed by atoms with Crippen LogP contribution in [0.1, 0.15) is 4.88 Å². The van der Waals surface area contributed by atoms with E-state index >= 15 is 0 Å². The Morgan fingerprint density at radius 1 is 1.80 bits per heavy atom. The first-order valence-corrected chi connectivity index (χ1v) is 3.42. The topological polar surface area (TPSA) is 56.4 Å². The molecule has 1 aromatic rings. The van der Waals surface area contributed by atoms with E-state index in [1.807, 2.05) is 5.38 Å². The van der Waals surface area contributed by atoms with Crippen LogP contribution in [0.4, 0.5) is 0 Å². The summed E-state index contributed by atoms with van der Waals surface area (Å²) in [4.78, 5) is 0.685. The van der Waals surface area contributed by atoms with Gasteiger partial charge in [-0.1, -0.05) is 11.2 Å². The number of rotatable bonds is 1. The van der Waals surface area contributed by atoms with Gasteiger partial charge >= 0.3 is 0 Å².